The molecule has 1 rings (SSSR count). The van der Waals surface area contributed by atoms with Gasteiger partial charge >= 0.3 is 0 Å². The molecule has 1 aromatic heterocycles. The van der Waals surface area contributed by atoms with E-state index >= 15 is 0 Å². The molecule has 0 aliphatic heterocycles. The minimum atomic E-state index is 0.720. The fraction of sp³-hybridized carbons (Fsp3) is 0.600. The van der Waals surface area contributed by atoms with Crippen LogP contribution in [0.25, 0.3) is 0 Å². The summed E-state index contributed by atoms with van der Waals surface area (Å²) in [6.45, 7) is 11.0. The molecule has 0 fully saturated rings. The lowest BCUT2D eigenvalue weighted by Crippen LogP contribution is -2.17. The molecule has 0 spiro atoms. The van der Waals surface area contributed by atoms with Crippen LogP contribution in [-0.4, -0.2) is 27.9 Å². The van der Waals surface area contributed by atoms with Gasteiger partial charge in [-0.3, -0.25) is 4.57 Å². The van der Waals surface area contributed by atoms with Gasteiger partial charge in [-0.05, 0) is 13.8 Å². The van der Waals surface area contributed by atoms with Crippen LogP contribution in [0.5, 0.6) is 0 Å². The van der Waals surface area contributed by atoms with Crippen LogP contribution in [0.4, 0.5) is 5.95 Å². The number of anilines is 1. The molecular weight excluding hydrogens is 190 g/mol. The number of rotatable bonds is 7. The Morgan fingerprint density at radius 1 is 1.40 bits per heavy atom. The predicted molar refractivity (Wildman–Crippen MR) is 61.8 cm³/mol. The standard InChI is InChI=1S/C10H19N5/c1-4-7-11-8-9-13-14-10(12-5-2)15(9)6-3/h4,11H,1,5-8H2,2-3H3,(H,12,14). The summed E-state index contributed by atoms with van der Waals surface area (Å²) < 4.78 is 2.07. The molecule has 0 saturated carbocycles. The molecule has 0 amide bonds. The molecule has 0 unspecified atom stereocenters. The number of aromatic nitrogens is 3. The first-order valence-corrected chi connectivity index (χ1v) is 5.31. The van der Waals surface area contributed by atoms with Gasteiger partial charge in [0.2, 0.25) is 5.95 Å². The summed E-state index contributed by atoms with van der Waals surface area (Å²) in [5, 5.41) is 14.6. The lowest BCUT2D eigenvalue weighted by molar-refractivity contribution is 0.642. The van der Waals surface area contributed by atoms with E-state index in [9.17, 15) is 0 Å². The molecule has 1 heterocycles. The topological polar surface area (TPSA) is 54.8 Å². The van der Waals surface area contributed by atoms with Gasteiger partial charge in [-0.2, -0.15) is 0 Å². The van der Waals surface area contributed by atoms with Gasteiger partial charge in [0, 0.05) is 19.6 Å². The number of hydrogen-bond donors (Lipinski definition) is 2. The second-order valence-corrected chi connectivity index (χ2v) is 3.13. The molecule has 0 atom stereocenters. The first kappa shape index (κ1) is 11.7. The Bertz CT molecular complexity index is 305. The normalized spacial score (nSPS) is 10.3. The monoisotopic (exact) mass is 209 g/mol. The maximum Gasteiger partial charge on any atom is 0.224 e. The Balaban J connectivity index is 2.65. The van der Waals surface area contributed by atoms with Crippen LogP contribution < -0.4 is 10.6 Å². The molecule has 0 saturated heterocycles. The van der Waals surface area contributed by atoms with Crippen molar-refractivity contribution in [3.63, 3.8) is 0 Å². The van der Waals surface area contributed by atoms with Gasteiger partial charge in [0.25, 0.3) is 0 Å². The minimum Gasteiger partial charge on any atom is -0.355 e. The zero-order valence-corrected chi connectivity index (χ0v) is 9.45. The second kappa shape index (κ2) is 6.19. The molecule has 5 heteroatoms. The average molecular weight is 209 g/mol. The van der Waals surface area contributed by atoms with Crippen molar-refractivity contribution in [1.29, 1.82) is 0 Å². The van der Waals surface area contributed by atoms with E-state index in [0.29, 0.717) is 0 Å². The third kappa shape index (κ3) is 3.06. The summed E-state index contributed by atoms with van der Waals surface area (Å²) in [4.78, 5) is 0. The Morgan fingerprint density at radius 2 is 2.20 bits per heavy atom. The van der Waals surface area contributed by atoms with Gasteiger partial charge in [0.1, 0.15) is 5.82 Å². The van der Waals surface area contributed by atoms with Gasteiger partial charge in [0.05, 0.1) is 6.54 Å². The lowest BCUT2D eigenvalue weighted by atomic mass is 10.5. The number of nitrogens with zero attached hydrogens (tertiary/aromatic N) is 3. The van der Waals surface area contributed by atoms with Crippen LogP contribution in [0.1, 0.15) is 19.7 Å². The number of nitrogens with one attached hydrogen (secondary N) is 2. The van der Waals surface area contributed by atoms with Crippen LogP contribution in [0.2, 0.25) is 0 Å². The van der Waals surface area contributed by atoms with Crippen molar-refractivity contribution in [1.82, 2.24) is 20.1 Å². The van der Waals surface area contributed by atoms with Crippen LogP contribution in [0, 0.1) is 0 Å². The zero-order chi connectivity index (χ0) is 11.1. The van der Waals surface area contributed by atoms with E-state index in [4.69, 9.17) is 0 Å². The Morgan fingerprint density at radius 3 is 2.80 bits per heavy atom. The third-order valence-corrected chi connectivity index (χ3v) is 2.05. The fourth-order valence-electron chi connectivity index (χ4n) is 1.37. The van der Waals surface area contributed by atoms with Crippen molar-refractivity contribution in [2.45, 2.75) is 26.9 Å². The molecule has 0 radical (unpaired) electrons. The summed E-state index contributed by atoms with van der Waals surface area (Å²) in [7, 11) is 0. The summed E-state index contributed by atoms with van der Waals surface area (Å²) in [6.07, 6.45) is 1.83. The van der Waals surface area contributed by atoms with Crippen molar-refractivity contribution in [3.8, 4) is 0 Å². The SMILES string of the molecule is C=CCNCc1nnc(NCC)n1CC. The molecule has 84 valence electrons. The van der Waals surface area contributed by atoms with E-state index < -0.39 is 0 Å². The lowest BCUT2D eigenvalue weighted by Gasteiger charge is -2.07. The van der Waals surface area contributed by atoms with Crippen molar-refractivity contribution in [2.24, 2.45) is 0 Å². The van der Waals surface area contributed by atoms with Crippen LogP contribution >= 0.6 is 0 Å². The highest BCUT2D eigenvalue weighted by atomic mass is 15.4. The molecule has 5 nitrogen and oxygen atoms in total. The van der Waals surface area contributed by atoms with Gasteiger partial charge in [-0.25, -0.2) is 0 Å². The van der Waals surface area contributed by atoms with Gasteiger partial charge < -0.3 is 10.6 Å². The van der Waals surface area contributed by atoms with Crippen molar-refractivity contribution in [2.75, 3.05) is 18.4 Å². The highest BCUT2D eigenvalue weighted by molar-refractivity contribution is 5.25. The largest absolute Gasteiger partial charge is 0.355 e. The van der Waals surface area contributed by atoms with E-state index in [1.165, 1.54) is 0 Å². The summed E-state index contributed by atoms with van der Waals surface area (Å²) >= 11 is 0. The van der Waals surface area contributed by atoms with Gasteiger partial charge in [0.15, 0.2) is 0 Å². The molecule has 0 bridgehead atoms. The summed E-state index contributed by atoms with van der Waals surface area (Å²) in [6, 6.07) is 0. The summed E-state index contributed by atoms with van der Waals surface area (Å²) in [5.74, 6) is 1.80. The molecule has 15 heavy (non-hydrogen) atoms. The predicted octanol–water partition coefficient (Wildman–Crippen LogP) is 1.01. The molecular formula is C10H19N5. The van der Waals surface area contributed by atoms with E-state index in [1.807, 2.05) is 13.0 Å². The molecule has 0 aliphatic rings. The molecule has 0 aliphatic carbocycles. The van der Waals surface area contributed by atoms with E-state index in [1.54, 1.807) is 0 Å². The first-order chi connectivity index (χ1) is 7.33. The minimum absolute atomic E-state index is 0.720. The molecule has 1 aromatic rings. The smallest absolute Gasteiger partial charge is 0.224 e. The Kier molecular flexibility index (Phi) is 4.83. The maximum absolute atomic E-state index is 4.13. The highest BCUT2D eigenvalue weighted by Crippen LogP contribution is 2.06. The summed E-state index contributed by atoms with van der Waals surface area (Å²) in [5.41, 5.74) is 0. The van der Waals surface area contributed by atoms with Crippen LogP contribution in [0.15, 0.2) is 12.7 Å². The van der Waals surface area contributed by atoms with E-state index in [2.05, 4.69) is 38.9 Å². The van der Waals surface area contributed by atoms with Crippen molar-refractivity contribution in [3.05, 3.63) is 18.5 Å². The maximum atomic E-state index is 4.13. The Hall–Kier alpha value is -1.36. The van der Waals surface area contributed by atoms with Crippen molar-refractivity contribution < 1.29 is 0 Å². The zero-order valence-electron chi connectivity index (χ0n) is 9.45. The van der Waals surface area contributed by atoms with Gasteiger partial charge in [-0.15, -0.1) is 16.8 Å². The van der Waals surface area contributed by atoms with E-state index in [-0.39, 0.29) is 0 Å². The molecule has 0 aromatic carbocycles. The first-order valence-electron chi connectivity index (χ1n) is 5.31. The van der Waals surface area contributed by atoms with Crippen LogP contribution in [-0.2, 0) is 13.1 Å². The molecule has 2 N–H and O–H groups in total. The fourth-order valence-corrected chi connectivity index (χ4v) is 1.37. The Labute approximate surface area is 90.6 Å². The highest BCUT2D eigenvalue weighted by Gasteiger charge is 2.08. The third-order valence-electron chi connectivity index (χ3n) is 2.05. The van der Waals surface area contributed by atoms with Crippen molar-refractivity contribution >= 4 is 5.95 Å². The average Bonchev–Trinajstić information content (AvgIpc) is 2.62. The van der Waals surface area contributed by atoms with Gasteiger partial charge in [-0.1, -0.05) is 6.08 Å². The quantitative estimate of drug-likeness (QED) is 0.520. The number of hydrogen-bond acceptors (Lipinski definition) is 4. The van der Waals surface area contributed by atoms with E-state index in [0.717, 1.165) is 38.0 Å². The van der Waals surface area contributed by atoms with Crippen LogP contribution in [0.3, 0.4) is 0 Å². The second-order valence-electron chi connectivity index (χ2n) is 3.13.